The molecule has 4 heteroatoms. The van der Waals surface area contributed by atoms with Crippen LogP contribution in [-0.2, 0) is 13.2 Å². The molecule has 20 heavy (non-hydrogen) atoms. The fraction of sp³-hybridized carbons (Fsp3) is 0.250. The summed E-state index contributed by atoms with van der Waals surface area (Å²) >= 11 is 3.54. The summed E-state index contributed by atoms with van der Waals surface area (Å²) in [5.74, 6) is 0. The summed E-state index contributed by atoms with van der Waals surface area (Å²) in [5, 5.41) is 18.4. The molecule has 2 N–H and O–H groups in total. The third kappa shape index (κ3) is 3.82. The first-order valence-corrected chi connectivity index (χ1v) is 7.33. The molecular formula is C16H18BrNO2. The lowest BCUT2D eigenvalue weighted by Gasteiger charge is -2.25. The zero-order valence-electron chi connectivity index (χ0n) is 11.2. The molecule has 0 bridgehead atoms. The molecule has 3 nitrogen and oxygen atoms in total. The maximum atomic E-state index is 9.27. The van der Waals surface area contributed by atoms with Gasteiger partial charge in [0.05, 0.1) is 18.9 Å². The topological polar surface area (TPSA) is 43.7 Å². The zero-order chi connectivity index (χ0) is 14.4. The summed E-state index contributed by atoms with van der Waals surface area (Å²) in [7, 11) is 0. The molecule has 2 aromatic rings. The van der Waals surface area contributed by atoms with Crippen molar-refractivity contribution in [2.75, 3.05) is 18.1 Å². The zero-order valence-corrected chi connectivity index (χ0v) is 12.8. The Bertz CT molecular complexity index is 545. The highest BCUT2D eigenvalue weighted by Crippen LogP contribution is 2.28. The molecule has 106 valence electrons. The van der Waals surface area contributed by atoms with Gasteiger partial charge in [0.15, 0.2) is 0 Å². The molecule has 0 saturated heterocycles. The second-order valence-corrected chi connectivity index (χ2v) is 5.43. The number of aliphatic hydroxyl groups is 2. The number of aliphatic hydroxyl groups excluding tert-OH is 2. The number of benzene rings is 2. The highest BCUT2D eigenvalue weighted by Gasteiger charge is 2.11. The summed E-state index contributed by atoms with van der Waals surface area (Å²) in [4.78, 5) is 2.11. The van der Waals surface area contributed by atoms with E-state index in [1.165, 1.54) is 5.56 Å². The van der Waals surface area contributed by atoms with Gasteiger partial charge in [0.1, 0.15) is 0 Å². The minimum Gasteiger partial charge on any atom is -0.395 e. The van der Waals surface area contributed by atoms with E-state index in [0.29, 0.717) is 6.54 Å². The third-order valence-corrected chi connectivity index (χ3v) is 3.76. The molecule has 0 saturated carbocycles. The monoisotopic (exact) mass is 335 g/mol. The first-order chi connectivity index (χ1) is 9.74. The van der Waals surface area contributed by atoms with Crippen LogP contribution in [0, 0.1) is 0 Å². The van der Waals surface area contributed by atoms with Gasteiger partial charge in [-0.25, -0.2) is 0 Å². The average Bonchev–Trinajstić information content (AvgIpc) is 2.48. The minimum atomic E-state index is 0.0254. The molecule has 0 aliphatic heterocycles. The highest BCUT2D eigenvalue weighted by molar-refractivity contribution is 9.10. The van der Waals surface area contributed by atoms with Gasteiger partial charge < -0.3 is 15.1 Å². The van der Waals surface area contributed by atoms with Gasteiger partial charge in [-0.1, -0.05) is 36.4 Å². The summed E-state index contributed by atoms with van der Waals surface area (Å²) in [5.41, 5.74) is 3.07. The van der Waals surface area contributed by atoms with Crippen molar-refractivity contribution < 1.29 is 10.2 Å². The molecule has 0 atom stereocenters. The fourth-order valence-corrected chi connectivity index (χ4v) is 2.79. The van der Waals surface area contributed by atoms with Crippen molar-refractivity contribution >= 4 is 21.6 Å². The summed E-state index contributed by atoms with van der Waals surface area (Å²) in [6.07, 6.45) is 0. The van der Waals surface area contributed by atoms with E-state index in [0.717, 1.165) is 22.3 Å². The van der Waals surface area contributed by atoms with Crippen molar-refractivity contribution in [3.8, 4) is 0 Å². The lowest BCUT2D eigenvalue weighted by Crippen LogP contribution is -2.26. The number of anilines is 1. The normalized spacial score (nSPS) is 10.6. The number of nitrogens with zero attached hydrogens (tertiary/aromatic N) is 1. The van der Waals surface area contributed by atoms with Crippen LogP contribution < -0.4 is 4.90 Å². The van der Waals surface area contributed by atoms with Crippen molar-refractivity contribution in [3.05, 3.63) is 64.1 Å². The van der Waals surface area contributed by atoms with E-state index >= 15 is 0 Å². The Morgan fingerprint density at radius 3 is 2.30 bits per heavy atom. The maximum absolute atomic E-state index is 9.27. The maximum Gasteiger partial charge on any atom is 0.0682 e. The SMILES string of the molecule is OCCN(Cc1ccccc1)c1ccc(CO)cc1Br. The van der Waals surface area contributed by atoms with E-state index in [1.54, 1.807) is 0 Å². The van der Waals surface area contributed by atoms with Crippen molar-refractivity contribution in [3.63, 3.8) is 0 Å². The second-order valence-electron chi connectivity index (χ2n) is 4.57. The molecule has 0 amide bonds. The standard InChI is InChI=1S/C16H18BrNO2/c17-15-10-14(12-20)6-7-16(15)18(8-9-19)11-13-4-2-1-3-5-13/h1-7,10,19-20H,8-9,11-12H2. The van der Waals surface area contributed by atoms with Crippen LogP contribution in [0.25, 0.3) is 0 Å². The van der Waals surface area contributed by atoms with E-state index in [1.807, 2.05) is 36.4 Å². The van der Waals surface area contributed by atoms with E-state index in [-0.39, 0.29) is 13.2 Å². The van der Waals surface area contributed by atoms with Crippen LogP contribution in [0.15, 0.2) is 53.0 Å². The van der Waals surface area contributed by atoms with Crippen LogP contribution >= 0.6 is 15.9 Å². The van der Waals surface area contributed by atoms with Crippen molar-refractivity contribution in [2.24, 2.45) is 0 Å². The van der Waals surface area contributed by atoms with Gasteiger partial charge in [-0.15, -0.1) is 0 Å². The second kappa shape index (κ2) is 7.43. The summed E-state index contributed by atoms with van der Waals surface area (Å²) in [6.45, 7) is 1.42. The molecule has 0 radical (unpaired) electrons. The first-order valence-electron chi connectivity index (χ1n) is 6.53. The Kier molecular flexibility index (Phi) is 5.59. The lowest BCUT2D eigenvalue weighted by molar-refractivity contribution is 0.281. The van der Waals surface area contributed by atoms with Gasteiger partial charge in [-0.2, -0.15) is 0 Å². The summed E-state index contributed by atoms with van der Waals surface area (Å²) in [6, 6.07) is 15.9. The number of hydrogen-bond acceptors (Lipinski definition) is 3. The lowest BCUT2D eigenvalue weighted by atomic mass is 10.1. The molecule has 2 aromatic carbocycles. The number of rotatable bonds is 6. The molecule has 2 rings (SSSR count). The predicted molar refractivity (Wildman–Crippen MR) is 84.6 cm³/mol. The molecule has 0 aliphatic carbocycles. The Labute approximate surface area is 127 Å². The van der Waals surface area contributed by atoms with Crippen molar-refractivity contribution in [1.82, 2.24) is 0 Å². The van der Waals surface area contributed by atoms with Gasteiger partial charge >= 0.3 is 0 Å². The number of halogens is 1. The van der Waals surface area contributed by atoms with E-state index in [4.69, 9.17) is 5.11 Å². The van der Waals surface area contributed by atoms with Crippen LogP contribution in [0.3, 0.4) is 0 Å². The smallest absolute Gasteiger partial charge is 0.0682 e. The van der Waals surface area contributed by atoms with E-state index in [2.05, 4.69) is 33.0 Å². The van der Waals surface area contributed by atoms with E-state index in [9.17, 15) is 5.11 Å². The van der Waals surface area contributed by atoms with Gasteiger partial charge in [-0.05, 0) is 39.2 Å². The van der Waals surface area contributed by atoms with Crippen molar-refractivity contribution in [1.29, 1.82) is 0 Å². The Morgan fingerprint density at radius 2 is 1.70 bits per heavy atom. The number of hydrogen-bond donors (Lipinski definition) is 2. The van der Waals surface area contributed by atoms with Gasteiger partial charge in [-0.3, -0.25) is 0 Å². The summed E-state index contributed by atoms with van der Waals surface area (Å²) < 4.78 is 0.924. The largest absolute Gasteiger partial charge is 0.395 e. The minimum absolute atomic E-state index is 0.0254. The highest BCUT2D eigenvalue weighted by atomic mass is 79.9. The Morgan fingerprint density at radius 1 is 0.950 bits per heavy atom. The van der Waals surface area contributed by atoms with Crippen LogP contribution in [0.5, 0.6) is 0 Å². The van der Waals surface area contributed by atoms with Crippen LogP contribution in [0.2, 0.25) is 0 Å². The Balaban J connectivity index is 2.24. The quantitative estimate of drug-likeness (QED) is 0.852. The Hall–Kier alpha value is -1.36. The molecule has 0 fully saturated rings. The van der Waals surface area contributed by atoms with Crippen LogP contribution in [0.4, 0.5) is 5.69 Å². The molecule has 0 aliphatic rings. The predicted octanol–water partition coefficient (Wildman–Crippen LogP) is 2.94. The molecule has 0 unspecified atom stereocenters. The fourth-order valence-electron chi connectivity index (χ4n) is 2.11. The third-order valence-electron chi connectivity index (χ3n) is 3.12. The van der Waals surface area contributed by atoms with Gasteiger partial charge in [0.25, 0.3) is 0 Å². The first kappa shape index (κ1) is 15.0. The molecule has 0 spiro atoms. The average molecular weight is 336 g/mol. The molecule has 0 aromatic heterocycles. The molecular weight excluding hydrogens is 318 g/mol. The van der Waals surface area contributed by atoms with Gasteiger partial charge in [0, 0.05) is 17.6 Å². The van der Waals surface area contributed by atoms with Gasteiger partial charge in [0.2, 0.25) is 0 Å². The van der Waals surface area contributed by atoms with Crippen LogP contribution in [0.1, 0.15) is 11.1 Å². The molecule has 0 heterocycles. The van der Waals surface area contributed by atoms with Crippen LogP contribution in [-0.4, -0.2) is 23.4 Å². The van der Waals surface area contributed by atoms with Crippen molar-refractivity contribution in [2.45, 2.75) is 13.2 Å². The van der Waals surface area contributed by atoms with E-state index < -0.39 is 0 Å².